The van der Waals surface area contributed by atoms with Crippen LogP contribution in [0.15, 0.2) is 41.3 Å². The van der Waals surface area contributed by atoms with Gasteiger partial charge in [-0.1, -0.05) is 23.8 Å². The van der Waals surface area contributed by atoms with E-state index in [-0.39, 0.29) is 4.90 Å². The highest BCUT2D eigenvalue weighted by Crippen LogP contribution is 2.28. The number of sulfonamides is 1. The van der Waals surface area contributed by atoms with Crippen LogP contribution in [0.5, 0.6) is 5.75 Å². The van der Waals surface area contributed by atoms with Gasteiger partial charge in [0.15, 0.2) is 0 Å². The molecular weight excluding hydrogens is 286 g/mol. The Labute approximate surface area is 125 Å². The molecule has 1 N–H and O–H groups in total. The fourth-order valence-electron chi connectivity index (χ4n) is 2.20. The van der Waals surface area contributed by atoms with Gasteiger partial charge < -0.3 is 4.74 Å². The van der Waals surface area contributed by atoms with Crippen LogP contribution in [0.25, 0.3) is 0 Å². The molecule has 2 aromatic carbocycles. The normalized spacial score (nSPS) is 11.2. The second-order valence-corrected chi connectivity index (χ2v) is 6.73. The molecular formula is C16H19NO3S. The highest BCUT2D eigenvalue weighted by Gasteiger charge is 2.18. The van der Waals surface area contributed by atoms with Crippen molar-refractivity contribution in [3.8, 4) is 5.75 Å². The lowest BCUT2D eigenvalue weighted by molar-refractivity contribution is 0.417. The van der Waals surface area contributed by atoms with Gasteiger partial charge in [-0.05, 0) is 50.1 Å². The van der Waals surface area contributed by atoms with E-state index in [2.05, 4.69) is 4.72 Å². The van der Waals surface area contributed by atoms with Gasteiger partial charge in [0, 0.05) is 0 Å². The molecule has 0 aromatic heterocycles. The number of benzene rings is 2. The minimum atomic E-state index is -3.64. The van der Waals surface area contributed by atoms with Crippen LogP contribution in [-0.4, -0.2) is 15.5 Å². The predicted octanol–water partition coefficient (Wildman–Crippen LogP) is 3.42. The van der Waals surface area contributed by atoms with Crippen molar-refractivity contribution in [2.45, 2.75) is 25.7 Å². The zero-order chi connectivity index (χ0) is 15.6. The van der Waals surface area contributed by atoms with Crippen LogP contribution in [0, 0.1) is 20.8 Å². The largest absolute Gasteiger partial charge is 0.495 e. The van der Waals surface area contributed by atoms with Crippen molar-refractivity contribution in [3.05, 3.63) is 53.1 Å². The second kappa shape index (κ2) is 5.77. The van der Waals surface area contributed by atoms with Crippen molar-refractivity contribution >= 4 is 15.7 Å². The number of rotatable bonds is 4. The van der Waals surface area contributed by atoms with Crippen LogP contribution in [-0.2, 0) is 10.0 Å². The van der Waals surface area contributed by atoms with Crippen molar-refractivity contribution in [2.24, 2.45) is 0 Å². The predicted molar refractivity (Wildman–Crippen MR) is 84.5 cm³/mol. The molecule has 0 heterocycles. The molecule has 21 heavy (non-hydrogen) atoms. The summed E-state index contributed by atoms with van der Waals surface area (Å²) in [7, 11) is -2.13. The summed E-state index contributed by atoms with van der Waals surface area (Å²) in [6, 6.07) is 10.6. The van der Waals surface area contributed by atoms with Crippen molar-refractivity contribution < 1.29 is 13.2 Å². The van der Waals surface area contributed by atoms with Gasteiger partial charge in [-0.3, -0.25) is 4.72 Å². The summed E-state index contributed by atoms with van der Waals surface area (Å²) in [5, 5.41) is 0. The molecule has 4 nitrogen and oxygen atoms in total. The molecule has 0 bridgehead atoms. The van der Waals surface area contributed by atoms with E-state index < -0.39 is 10.0 Å². The van der Waals surface area contributed by atoms with Crippen molar-refractivity contribution in [1.82, 2.24) is 0 Å². The quantitative estimate of drug-likeness (QED) is 0.941. The van der Waals surface area contributed by atoms with Gasteiger partial charge in [-0.2, -0.15) is 0 Å². The molecule has 0 aliphatic carbocycles. The zero-order valence-corrected chi connectivity index (χ0v) is 13.4. The fourth-order valence-corrected chi connectivity index (χ4v) is 3.49. The summed E-state index contributed by atoms with van der Waals surface area (Å²) in [6.45, 7) is 5.61. The number of ether oxygens (including phenoxy) is 1. The molecule has 5 heteroatoms. The monoisotopic (exact) mass is 305 g/mol. The Morgan fingerprint density at radius 1 is 0.952 bits per heavy atom. The lowest BCUT2D eigenvalue weighted by Crippen LogP contribution is -2.15. The third-order valence-corrected chi connectivity index (χ3v) is 4.74. The van der Waals surface area contributed by atoms with Crippen molar-refractivity contribution in [3.63, 3.8) is 0 Å². The number of hydrogen-bond acceptors (Lipinski definition) is 3. The Morgan fingerprint density at radius 3 is 2.19 bits per heavy atom. The van der Waals surface area contributed by atoms with E-state index in [0.29, 0.717) is 17.0 Å². The van der Waals surface area contributed by atoms with Crippen LogP contribution in [0.3, 0.4) is 0 Å². The van der Waals surface area contributed by atoms with Gasteiger partial charge in [0.1, 0.15) is 5.75 Å². The van der Waals surface area contributed by atoms with Crippen LogP contribution in [0.1, 0.15) is 16.7 Å². The second-order valence-electron chi connectivity index (χ2n) is 5.08. The van der Waals surface area contributed by atoms with E-state index in [4.69, 9.17) is 4.74 Å². The van der Waals surface area contributed by atoms with Gasteiger partial charge in [0.25, 0.3) is 10.0 Å². The van der Waals surface area contributed by atoms with E-state index in [0.717, 1.165) is 11.1 Å². The van der Waals surface area contributed by atoms with Gasteiger partial charge in [-0.25, -0.2) is 8.42 Å². The maximum atomic E-state index is 12.5. The van der Waals surface area contributed by atoms with Crippen LogP contribution in [0.2, 0.25) is 0 Å². The highest BCUT2D eigenvalue weighted by atomic mass is 32.2. The van der Waals surface area contributed by atoms with Crippen LogP contribution < -0.4 is 9.46 Å². The summed E-state index contributed by atoms with van der Waals surface area (Å²) < 4.78 is 32.9. The van der Waals surface area contributed by atoms with Gasteiger partial charge in [0.2, 0.25) is 0 Å². The average molecular weight is 305 g/mol. The number of nitrogens with one attached hydrogen (secondary N) is 1. The van der Waals surface area contributed by atoms with Gasteiger partial charge >= 0.3 is 0 Å². The third kappa shape index (κ3) is 3.36. The molecule has 0 saturated heterocycles. The first-order valence-electron chi connectivity index (χ1n) is 6.58. The smallest absolute Gasteiger partial charge is 0.262 e. The highest BCUT2D eigenvalue weighted by molar-refractivity contribution is 7.92. The van der Waals surface area contributed by atoms with Gasteiger partial charge in [-0.15, -0.1) is 0 Å². The Kier molecular flexibility index (Phi) is 4.23. The summed E-state index contributed by atoms with van der Waals surface area (Å²) in [4.78, 5) is 0.275. The first kappa shape index (κ1) is 15.4. The summed E-state index contributed by atoms with van der Waals surface area (Å²) in [6.07, 6.45) is 0. The lowest BCUT2D eigenvalue weighted by Gasteiger charge is -2.14. The average Bonchev–Trinajstić information content (AvgIpc) is 2.37. The summed E-state index contributed by atoms with van der Waals surface area (Å²) >= 11 is 0. The molecule has 0 saturated carbocycles. The molecule has 0 spiro atoms. The van der Waals surface area contributed by atoms with E-state index in [1.165, 1.54) is 7.11 Å². The van der Waals surface area contributed by atoms with E-state index in [1.807, 2.05) is 26.0 Å². The SMILES string of the molecule is COc1ccc(C)cc1NS(=O)(=O)c1ccc(C)cc1C. The minimum absolute atomic E-state index is 0.275. The summed E-state index contributed by atoms with van der Waals surface area (Å²) in [5.74, 6) is 0.494. The molecule has 2 aromatic rings. The molecule has 0 fully saturated rings. The maximum absolute atomic E-state index is 12.5. The molecule has 0 aliphatic heterocycles. The molecule has 0 unspecified atom stereocenters. The van der Waals surface area contributed by atoms with E-state index >= 15 is 0 Å². The topological polar surface area (TPSA) is 55.4 Å². The lowest BCUT2D eigenvalue weighted by atomic mass is 10.2. The third-order valence-electron chi connectivity index (χ3n) is 3.22. The Morgan fingerprint density at radius 2 is 1.57 bits per heavy atom. The molecule has 0 amide bonds. The number of aryl methyl sites for hydroxylation is 3. The number of hydrogen-bond donors (Lipinski definition) is 1. The zero-order valence-electron chi connectivity index (χ0n) is 12.6. The van der Waals surface area contributed by atoms with Crippen LogP contribution in [0.4, 0.5) is 5.69 Å². The Hall–Kier alpha value is -2.01. The summed E-state index contributed by atoms with van der Waals surface area (Å²) in [5.41, 5.74) is 3.14. The molecule has 0 aliphatic rings. The van der Waals surface area contributed by atoms with Crippen molar-refractivity contribution in [2.75, 3.05) is 11.8 Å². The van der Waals surface area contributed by atoms with Gasteiger partial charge in [0.05, 0.1) is 17.7 Å². The molecule has 0 atom stereocenters. The molecule has 112 valence electrons. The number of anilines is 1. The molecule has 2 rings (SSSR count). The standard InChI is InChI=1S/C16H19NO3S/c1-11-6-8-16(13(3)9-11)21(18,19)17-14-10-12(2)5-7-15(14)20-4/h5-10,17H,1-4H3. The first-order chi connectivity index (χ1) is 9.83. The van der Waals surface area contributed by atoms with Crippen molar-refractivity contribution in [1.29, 1.82) is 0 Å². The molecule has 0 radical (unpaired) electrons. The van der Waals surface area contributed by atoms with E-state index in [1.54, 1.807) is 31.2 Å². The maximum Gasteiger partial charge on any atom is 0.262 e. The Balaban J connectivity index is 2.44. The minimum Gasteiger partial charge on any atom is -0.495 e. The Bertz CT molecular complexity index is 767. The fraction of sp³-hybridized carbons (Fsp3) is 0.250. The van der Waals surface area contributed by atoms with Crippen LogP contribution >= 0.6 is 0 Å². The number of methoxy groups -OCH3 is 1. The first-order valence-corrected chi connectivity index (χ1v) is 8.06. The van der Waals surface area contributed by atoms with E-state index in [9.17, 15) is 8.42 Å².